The van der Waals surface area contributed by atoms with E-state index in [4.69, 9.17) is 9.63 Å². The molecule has 0 saturated carbocycles. The van der Waals surface area contributed by atoms with Gasteiger partial charge in [0.05, 0.1) is 5.92 Å². The second kappa shape index (κ2) is 3.38. The second-order valence-corrected chi connectivity index (χ2v) is 3.54. The Morgan fingerprint density at radius 2 is 2.27 bits per heavy atom. The summed E-state index contributed by atoms with van der Waals surface area (Å²) in [6.45, 7) is 3.45. The minimum atomic E-state index is -0.858. The molecule has 1 heterocycles. The van der Waals surface area contributed by atoms with Gasteiger partial charge in [-0.25, -0.2) is 0 Å². The van der Waals surface area contributed by atoms with E-state index in [-0.39, 0.29) is 0 Å². The number of benzene rings is 1. The van der Waals surface area contributed by atoms with E-state index in [1.807, 2.05) is 19.1 Å². The maximum atomic E-state index is 10.9. The highest BCUT2D eigenvalue weighted by Gasteiger charge is 2.18. The maximum Gasteiger partial charge on any atom is 0.310 e. The van der Waals surface area contributed by atoms with Gasteiger partial charge in [0.15, 0.2) is 0 Å². The molecule has 2 aromatic rings. The molecule has 1 atom stereocenters. The van der Waals surface area contributed by atoms with Crippen molar-refractivity contribution in [3.05, 3.63) is 29.5 Å². The Labute approximate surface area is 86.5 Å². The van der Waals surface area contributed by atoms with Crippen LogP contribution >= 0.6 is 0 Å². The molecule has 1 aromatic heterocycles. The van der Waals surface area contributed by atoms with Gasteiger partial charge in [0, 0.05) is 5.39 Å². The Kier molecular flexibility index (Phi) is 2.19. The summed E-state index contributed by atoms with van der Waals surface area (Å²) >= 11 is 0. The molecule has 4 nitrogen and oxygen atoms in total. The average Bonchev–Trinajstić information content (AvgIpc) is 2.59. The van der Waals surface area contributed by atoms with Gasteiger partial charge in [0.2, 0.25) is 0 Å². The molecule has 1 unspecified atom stereocenters. The summed E-state index contributed by atoms with van der Waals surface area (Å²) in [6.07, 6.45) is 0. The predicted molar refractivity (Wildman–Crippen MR) is 54.8 cm³/mol. The van der Waals surface area contributed by atoms with Crippen LogP contribution in [-0.2, 0) is 4.79 Å². The van der Waals surface area contributed by atoms with Gasteiger partial charge in [0.1, 0.15) is 11.3 Å². The number of carbonyl (C=O) groups is 1. The van der Waals surface area contributed by atoms with Gasteiger partial charge in [-0.1, -0.05) is 17.3 Å². The van der Waals surface area contributed by atoms with Crippen LogP contribution in [0.5, 0.6) is 0 Å². The van der Waals surface area contributed by atoms with Crippen LogP contribution in [0.4, 0.5) is 0 Å². The number of hydrogen-bond donors (Lipinski definition) is 1. The fraction of sp³-hybridized carbons (Fsp3) is 0.273. The van der Waals surface area contributed by atoms with Crippen LogP contribution in [0.25, 0.3) is 10.9 Å². The van der Waals surface area contributed by atoms with Gasteiger partial charge < -0.3 is 9.63 Å². The molecule has 1 N–H and O–H groups in total. The molecule has 0 amide bonds. The van der Waals surface area contributed by atoms with Crippen LogP contribution in [0.1, 0.15) is 24.2 Å². The van der Waals surface area contributed by atoms with Crippen molar-refractivity contribution in [3.63, 3.8) is 0 Å². The van der Waals surface area contributed by atoms with Crippen molar-refractivity contribution in [1.29, 1.82) is 0 Å². The number of fused-ring (bicyclic) bond motifs is 1. The van der Waals surface area contributed by atoms with E-state index < -0.39 is 11.9 Å². The highest BCUT2D eigenvalue weighted by Crippen LogP contribution is 2.26. The van der Waals surface area contributed by atoms with E-state index in [0.29, 0.717) is 16.8 Å². The molecule has 0 aliphatic carbocycles. The third kappa shape index (κ3) is 1.48. The first kappa shape index (κ1) is 9.71. The summed E-state index contributed by atoms with van der Waals surface area (Å²) in [5, 5.41) is 13.7. The standard InChI is InChI=1S/C11H11NO3/c1-6(11(13)14)8-4-3-5-9-7(2)15-12-10(8)9/h3-6H,1-2H3,(H,13,14). The lowest BCUT2D eigenvalue weighted by atomic mass is 9.98. The molecule has 0 bridgehead atoms. The molecule has 0 fully saturated rings. The molecule has 0 aliphatic rings. The molecular formula is C11H11NO3. The van der Waals surface area contributed by atoms with E-state index in [0.717, 1.165) is 5.39 Å². The van der Waals surface area contributed by atoms with Gasteiger partial charge in [-0.2, -0.15) is 0 Å². The molecule has 0 saturated heterocycles. The van der Waals surface area contributed by atoms with Gasteiger partial charge in [-0.15, -0.1) is 0 Å². The number of aliphatic carboxylic acids is 1. The summed E-state index contributed by atoms with van der Waals surface area (Å²) in [5.74, 6) is -0.717. The molecule has 2 rings (SSSR count). The normalized spacial score (nSPS) is 12.9. The van der Waals surface area contributed by atoms with Crippen LogP contribution < -0.4 is 0 Å². The van der Waals surface area contributed by atoms with Crippen molar-refractivity contribution in [1.82, 2.24) is 5.16 Å². The number of rotatable bonds is 2. The van der Waals surface area contributed by atoms with Crippen LogP contribution in [0.2, 0.25) is 0 Å². The van der Waals surface area contributed by atoms with Gasteiger partial charge >= 0.3 is 5.97 Å². The first-order chi connectivity index (χ1) is 7.11. The minimum absolute atomic E-state index is 0.571. The van der Waals surface area contributed by atoms with Crippen molar-refractivity contribution in [2.75, 3.05) is 0 Å². The number of carboxylic acids is 1. The summed E-state index contributed by atoms with van der Waals surface area (Å²) in [7, 11) is 0. The largest absolute Gasteiger partial charge is 0.481 e. The maximum absolute atomic E-state index is 10.9. The first-order valence-electron chi connectivity index (χ1n) is 4.69. The van der Waals surface area contributed by atoms with Crippen molar-refractivity contribution in [3.8, 4) is 0 Å². The molecule has 15 heavy (non-hydrogen) atoms. The lowest BCUT2D eigenvalue weighted by molar-refractivity contribution is -0.138. The van der Waals surface area contributed by atoms with Crippen molar-refractivity contribution < 1.29 is 14.4 Å². The Balaban J connectivity index is 2.66. The van der Waals surface area contributed by atoms with E-state index in [2.05, 4.69) is 5.16 Å². The Morgan fingerprint density at radius 3 is 2.93 bits per heavy atom. The lowest BCUT2D eigenvalue weighted by Gasteiger charge is -2.05. The Bertz CT molecular complexity index is 516. The molecule has 78 valence electrons. The number of aromatic nitrogens is 1. The molecular weight excluding hydrogens is 194 g/mol. The van der Waals surface area contributed by atoms with E-state index >= 15 is 0 Å². The Hall–Kier alpha value is -1.84. The van der Waals surface area contributed by atoms with Crippen LogP contribution in [0.3, 0.4) is 0 Å². The lowest BCUT2D eigenvalue weighted by Crippen LogP contribution is -2.07. The van der Waals surface area contributed by atoms with E-state index in [9.17, 15) is 4.79 Å². The number of carboxylic acid groups (broad SMARTS) is 1. The van der Waals surface area contributed by atoms with Gasteiger partial charge in [0.25, 0.3) is 0 Å². The predicted octanol–water partition coefficient (Wildman–Crippen LogP) is 2.32. The zero-order valence-corrected chi connectivity index (χ0v) is 8.52. The molecule has 0 spiro atoms. The molecule has 0 aliphatic heterocycles. The topological polar surface area (TPSA) is 63.3 Å². The highest BCUT2D eigenvalue weighted by atomic mass is 16.5. The fourth-order valence-corrected chi connectivity index (χ4v) is 1.59. The quantitative estimate of drug-likeness (QED) is 0.817. The fourth-order valence-electron chi connectivity index (χ4n) is 1.59. The summed E-state index contributed by atoms with van der Waals surface area (Å²) in [6, 6.07) is 5.46. The van der Waals surface area contributed by atoms with Crippen molar-refractivity contribution >= 4 is 16.9 Å². The van der Waals surface area contributed by atoms with Crippen LogP contribution in [0.15, 0.2) is 22.7 Å². The second-order valence-electron chi connectivity index (χ2n) is 3.54. The highest BCUT2D eigenvalue weighted by molar-refractivity contribution is 5.88. The number of aryl methyl sites for hydroxylation is 1. The third-order valence-electron chi connectivity index (χ3n) is 2.56. The molecule has 0 radical (unpaired) electrons. The van der Waals surface area contributed by atoms with Crippen LogP contribution in [-0.4, -0.2) is 16.2 Å². The first-order valence-corrected chi connectivity index (χ1v) is 4.69. The third-order valence-corrected chi connectivity index (χ3v) is 2.56. The van der Waals surface area contributed by atoms with E-state index in [1.165, 1.54) is 0 Å². The summed E-state index contributed by atoms with van der Waals surface area (Å²) in [5.41, 5.74) is 1.33. The Morgan fingerprint density at radius 1 is 1.53 bits per heavy atom. The zero-order chi connectivity index (χ0) is 11.0. The molecule has 1 aromatic carbocycles. The van der Waals surface area contributed by atoms with Crippen molar-refractivity contribution in [2.45, 2.75) is 19.8 Å². The minimum Gasteiger partial charge on any atom is -0.481 e. The average molecular weight is 205 g/mol. The van der Waals surface area contributed by atoms with Crippen molar-refractivity contribution in [2.24, 2.45) is 0 Å². The van der Waals surface area contributed by atoms with Gasteiger partial charge in [-0.05, 0) is 25.5 Å². The summed E-state index contributed by atoms with van der Waals surface area (Å²) < 4.78 is 5.04. The monoisotopic (exact) mass is 205 g/mol. The number of nitrogens with zero attached hydrogens (tertiary/aromatic N) is 1. The molecule has 4 heteroatoms. The zero-order valence-electron chi connectivity index (χ0n) is 8.52. The number of hydrogen-bond acceptors (Lipinski definition) is 3. The van der Waals surface area contributed by atoms with E-state index in [1.54, 1.807) is 13.0 Å². The smallest absolute Gasteiger partial charge is 0.310 e. The SMILES string of the molecule is Cc1onc2c(C(C)C(=O)O)cccc12. The van der Waals surface area contributed by atoms with Crippen LogP contribution in [0, 0.1) is 6.92 Å². The van der Waals surface area contributed by atoms with Gasteiger partial charge in [-0.3, -0.25) is 4.79 Å². The summed E-state index contributed by atoms with van der Waals surface area (Å²) in [4.78, 5) is 10.9.